The summed E-state index contributed by atoms with van der Waals surface area (Å²) in [6.07, 6.45) is 7.16. The molecule has 1 saturated carbocycles. The molecule has 3 aromatic carbocycles. The molecule has 12 nitrogen and oxygen atoms in total. The first-order valence-electron chi connectivity index (χ1n) is 16.6. The fourth-order valence-electron chi connectivity index (χ4n) is 6.21. The van der Waals surface area contributed by atoms with Crippen molar-refractivity contribution in [3.05, 3.63) is 117 Å². The van der Waals surface area contributed by atoms with E-state index >= 15 is 0 Å². The number of nitro benzene ring substituents is 1. The molecular formula is C36H41N5O7S2. The van der Waals surface area contributed by atoms with Crippen LogP contribution in [0, 0.1) is 10.1 Å². The smallest absolute Gasteiger partial charge is 0.270 e. The third-order valence-electron chi connectivity index (χ3n) is 8.93. The van der Waals surface area contributed by atoms with Crippen LogP contribution >= 0.6 is 11.3 Å². The lowest BCUT2D eigenvalue weighted by Crippen LogP contribution is -2.42. The van der Waals surface area contributed by atoms with Crippen LogP contribution in [-0.4, -0.2) is 53.7 Å². The number of piperidine rings is 1. The molecule has 0 bridgehead atoms. The van der Waals surface area contributed by atoms with E-state index in [9.17, 15) is 33.2 Å². The lowest BCUT2D eigenvalue weighted by atomic mass is 9.83. The SMILES string of the molecule is NC(=O)c1ccccc1.O=C(NCc1ccc(S(=O)(=O)N2CCC(Nc3ccc(O)c(C4CCCCC4)c3)CC2)s1)c1cccc([N+](=O)[O-])c1. The third-order valence-corrected chi connectivity index (χ3v) is 12.4. The normalized spacial score (nSPS) is 15.8. The first kappa shape index (κ1) is 36.5. The second-order valence-corrected chi connectivity index (χ2v) is 15.7. The van der Waals surface area contributed by atoms with E-state index in [0.29, 0.717) is 48.0 Å². The van der Waals surface area contributed by atoms with Gasteiger partial charge in [0.05, 0.1) is 11.5 Å². The summed E-state index contributed by atoms with van der Waals surface area (Å²) in [7, 11) is -3.67. The number of phenols is 1. The zero-order chi connectivity index (χ0) is 35.7. The van der Waals surface area contributed by atoms with Crippen LogP contribution < -0.4 is 16.4 Å². The molecule has 1 saturated heterocycles. The predicted octanol–water partition coefficient (Wildman–Crippen LogP) is 6.39. The number of nitrogens with one attached hydrogen (secondary N) is 2. The van der Waals surface area contributed by atoms with Crippen LogP contribution in [0.3, 0.4) is 0 Å². The van der Waals surface area contributed by atoms with Gasteiger partial charge >= 0.3 is 0 Å². The van der Waals surface area contributed by atoms with Crippen LogP contribution in [0.1, 0.15) is 82.0 Å². The van der Waals surface area contributed by atoms with Crippen molar-refractivity contribution < 1.29 is 28.0 Å². The highest BCUT2D eigenvalue weighted by Gasteiger charge is 2.31. The fourth-order valence-corrected chi connectivity index (χ4v) is 9.13. The van der Waals surface area contributed by atoms with Gasteiger partial charge in [-0.1, -0.05) is 43.5 Å². The van der Waals surface area contributed by atoms with Gasteiger partial charge in [-0.15, -0.1) is 11.3 Å². The van der Waals surface area contributed by atoms with Crippen molar-refractivity contribution in [2.45, 2.75) is 67.7 Å². The third kappa shape index (κ3) is 9.46. The lowest BCUT2D eigenvalue weighted by molar-refractivity contribution is -0.384. The second kappa shape index (κ2) is 16.7. The minimum Gasteiger partial charge on any atom is -0.508 e. The van der Waals surface area contributed by atoms with E-state index in [-0.39, 0.29) is 34.0 Å². The molecule has 1 aliphatic carbocycles. The summed E-state index contributed by atoms with van der Waals surface area (Å²) in [5.74, 6) is -0.111. The maximum Gasteiger partial charge on any atom is 0.270 e. The van der Waals surface area contributed by atoms with Crippen LogP contribution in [0.4, 0.5) is 11.4 Å². The van der Waals surface area contributed by atoms with Crippen LogP contribution in [-0.2, 0) is 16.6 Å². The Bertz CT molecular complexity index is 1900. The fraction of sp³-hybridized carbons (Fsp3) is 0.333. The van der Waals surface area contributed by atoms with Crippen LogP contribution in [0.2, 0.25) is 0 Å². The first-order valence-corrected chi connectivity index (χ1v) is 18.8. The Kier molecular flexibility index (Phi) is 12.2. The number of sulfonamides is 1. The van der Waals surface area contributed by atoms with Crippen LogP contribution in [0.5, 0.6) is 5.75 Å². The van der Waals surface area contributed by atoms with Crippen molar-refractivity contribution >= 4 is 44.5 Å². The number of nitrogens with zero attached hydrogens (tertiary/aromatic N) is 2. The molecule has 264 valence electrons. The number of rotatable bonds is 10. The number of phenolic OH excluding ortho intramolecular Hbond substituents is 1. The number of thiophene rings is 1. The summed E-state index contributed by atoms with van der Waals surface area (Å²) in [5, 5.41) is 27.6. The van der Waals surface area contributed by atoms with Crippen molar-refractivity contribution in [1.82, 2.24) is 9.62 Å². The number of hydrogen-bond donors (Lipinski definition) is 4. The molecule has 14 heteroatoms. The molecule has 2 amide bonds. The van der Waals surface area contributed by atoms with Gasteiger partial charge in [0, 0.05) is 53.0 Å². The molecule has 4 aromatic rings. The molecule has 0 spiro atoms. The second-order valence-electron chi connectivity index (χ2n) is 12.4. The highest BCUT2D eigenvalue weighted by atomic mass is 32.2. The minimum absolute atomic E-state index is 0.114. The van der Waals surface area contributed by atoms with Gasteiger partial charge in [-0.2, -0.15) is 4.31 Å². The van der Waals surface area contributed by atoms with E-state index in [0.717, 1.165) is 35.4 Å². The van der Waals surface area contributed by atoms with E-state index < -0.39 is 20.9 Å². The number of hydrogen-bond acceptors (Lipinski definition) is 9. The zero-order valence-electron chi connectivity index (χ0n) is 27.5. The van der Waals surface area contributed by atoms with Crippen molar-refractivity contribution in [2.75, 3.05) is 18.4 Å². The number of anilines is 1. The average molecular weight is 720 g/mol. The van der Waals surface area contributed by atoms with Crippen LogP contribution in [0.15, 0.2) is 89.1 Å². The Labute approximate surface area is 295 Å². The largest absolute Gasteiger partial charge is 0.508 e. The lowest BCUT2D eigenvalue weighted by Gasteiger charge is -2.32. The quantitative estimate of drug-likeness (QED) is 0.0825. The maximum absolute atomic E-state index is 13.3. The van der Waals surface area contributed by atoms with Gasteiger partial charge in [-0.25, -0.2) is 8.42 Å². The van der Waals surface area contributed by atoms with Crippen LogP contribution in [0.25, 0.3) is 0 Å². The van der Waals surface area contributed by atoms with E-state index in [1.807, 2.05) is 12.1 Å². The molecule has 1 aliphatic heterocycles. The maximum atomic E-state index is 13.3. The number of carbonyl (C=O) groups excluding carboxylic acids is 2. The standard InChI is InChI=1S/C29H34N4O6S2.C7H7NO/c34-27-11-9-23(18-26(27)20-5-2-1-3-6-20)31-22-13-15-32(16-14-22)41(38,39)28-12-10-25(40-28)19-30-29(35)21-7-4-8-24(17-21)33(36)37;8-7(9)6-4-2-1-3-5-6/h4,7-12,17-18,20,22,31,34H,1-3,5-6,13-16,19H2,(H,30,35);1-5H,(H2,8,9). The summed E-state index contributed by atoms with van der Waals surface area (Å²) < 4.78 is 28.4. The number of primary amides is 1. The van der Waals surface area contributed by atoms with Crippen molar-refractivity contribution in [1.29, 1.82) is 0 Å². The van der Waals surface area contributed by atoms with E-state index in [4.69, 9.17) is 5.73 Å². The zero-order valence-corrected chi connectivity index (χ0v) is 29.1. The van der Waals surface area contributed by atoms with E-state index in [1.165, 1.54) is 47.8 Å². The van der Waals surface area contributed by atoms with Crippen molar-refractivity contribution in [2.24, 2.45) is 5.73 Å². The Morgan fingerprint density at radius 3 is 2.26 bits per heavy atom. The molecule has 0 radical (unpaired) electrons. The number of nitro groups is 1. The van der Waals surface area contributed by atoms with E-state index in [2.05, 4.69) is 16.7 Å². The number of carbonyl (C=O) groups is 2. The summed E-state index contributed by atoms with van der Waals surface area (Å²) in [6.45, 7) is 0.901. The summed E-state index contributed by atoms with van der Waals surface area (Å²) in [4.78, 5) is 33.9. The van der Waals surface area contributed by atoms with E-state index in [1.54, 1.807) is 42.5 Å². The van der Waals surface area contributed by atoms with Gasteiger partial charge in [0.25, 0.3) is 21.6 Å². The molecular weight excluding hydrogens is 679 g/mol. The topological polar surface area (TPSA) is 185 Å². The highest BCUT2D eigenvalue weighted by Crippen LogP contribution is 2.38. The summed E-state index contributed by atoms with van der Waals surface area (Å²) >= 11 is 1.11. The first-order chi connectivity index (χ1) is 24.0. The Morgan fingerprint density at radius 1 is 0.900 bits per heavy atom. The van der Waals surface area contributed by atoms with Gasteiger partial charge in [0.1, 0.15) is 9.96 Å². The van der Waals surface area contributed by atoms with Crippen molar-refractivity contribution in [3.63, 3.8) is 0 Å². The number of non-ortho nitro benzene ring substituents is 1. The monoisotopic (exact) mass is 719 g/mol. The van der Waals surface area contributed by atoms with Gasteiger partial charge in [-0.3, -0.25) is 19.7 Å². The molecule has 1 aromatic heterocycles. The Balaban J connectivity index is 0.000000470. The number of nitrogens with two attached hydrogens (primary N) is 1. The molecule has 6 rings (SSSR count). The molecule has 0 unspecified atom stereocenters. The average Bonchev–Trinajstić information content (AvgIpc) is 3.63. The number of amides is 2. The molecule has 2 heterocycles. The summed E-state index contributed by atoms with van der Waals surface area (Å²) in [5.41, 5.74) is 7.48. The highest BCUT2D eigenvalue weighted by molar-refractivity contribution is 7.91. The number of aromatic hydroxyl groups is 1. The summed E-state index contributed by atoms with van der Waals surface area (Å²) in [6, 6.07) is 23.3. The van der Waals surface area contributed by atoms with Gasteiger partial charge in [-0.05, 0) is 85.7 Å². The molecule has 2 fully saturated rings. The predicted molar refractivity (Wildman–Crippen MR) is 193 cm³/mol. The van der Waals surface area contributed by atoms with Crippen molar-refractivity contribution in [3.8, 4) is 5.75 Å². The minimum atomic E-state index is -3.67. The van der Waals surface area contributed by atoms with Gasteiger partial charge < -0.3 is 21.5 Å². The molecule has 50 heavy (non-hydrogen) atoms. The Morgan fingerprint density at radius 2 is 1.60 bits per heavy atom. The van der Waals surface area contributed by atoms with Gasteiger partial charge in [0.2, 0.25) is 5.91 Å². The molecule has 5 N–H and O–H groups in total. The van der Waals surface area contributed by atoms with Gasteiger partial charge in [0.15, 0.2) is 0 Å². The molecule has 0 atom stereocenters. The number of benzene rings is 3. The molecule has 2 aliphatic rings. The Hall–Kier alpha value is -4.79.